The zero-order chi connectivity index (χ0) is 13.9. The van der Waals surface area contributed by atoms with Crippen LogP contribution in [-0.4, -0.2) is 21.7 Å². The first kappa shape index (κ1) is 13.2. The van der Waals surface area contributed by atoms with Gasteiger partial charge in [0.1, 0.15) is 5.75 Å². The Balaban J connectivity index is 2.14. The summed E-state index contributed by atoms with van der Waals surface area (Å²) in [6, 6.07) is 10.9. The van der Waals surface area contributed by atoms with Crippen molar-refractivity contribution in [1.29, 1.82) is 0 Å². The van der Waals surface area contributed by atoms with Crippen LogP contribution in [0.2, 0.25) is 0 Å². The number of aliphatic hydroxyl groups is 1. The van der Waals surface area contributed by atoms with Gasteiger partial charge in [0, 0.05) is 12.4 Å². The monoisotopic (exact) mass is 257 g/mol. The van der Waals surface area contributed by atoms with Gasteiger partial charge in [0.05, 0.1) is 0 Å². The van der Waals surface area contributed by atoms with E-state index in [9.17, 15) is 9.90 Å². The summed E-state index contributed by atoms with van der Waals surface area (Å²) in [6.07, 6.45) is 3.44. The lowest BCUT2D eigenvalue weighted by Gasteiger charge is -2.15. The molecule has 4 nitrogen and oxygen atoms in total. The van der Waals surface area contributed by atoms with Crippen molar-refractivity contribution < 1.29 is 14.6 Å². The van der Waals surface area contributed by atoms with E-state index in [4.69, 9.17) is 4.74 Å². The number of pyridine rings is 1. The Morgan fingerprint density at radius 3 is 2.11 bits per heavy atom. The zero-order valence-electron chi connectivity index (χ0n) is 10.8. The molecule has 98 valence electrons. The van der Waals surface area contributed by atoms with E-state index in [1.165, 1.54) is 13.8 Å². The lowest BCUT2D eigenvalue weighted by Crippen LogP contribution is -2.35. The summed E-state index contributed by atoms with van der Waals surface area (Å²) >= 11 is 0. The summed E-state index contributed by atoms with van der Waals surface area (Å²) in [5.41, 5.74) is 0.546. The molecule has 0 fully saturated rings. The van der Waals surface area contributed by atoms with Crippen LogP contribution < -0.4 is 4.74 Å². The Kier molecular flexibility index (Phi) is 3.62. The van der Waals surface area contributed by atoms with E-state index >= 15 is 0 Å². The van der Waals surface area contributed by atoms with Gasteiger partial charge in [-0.05, 0) is 49.2 Å². The molecule has 0 saturated heterocycles. The van der Waals surface area contributed by atoms with Crippen LogP contribution in [0.25, 0.3) is 11.1 Å². The highest BCUT2D eigenvalue weighted by Gasteiger charge is 2.26. The average Bonchev–Trinajstić information content (AvgIpc) is 2.39. The maximum atomic E-state index is 11.5. The molecule has 0 spiro atoms. The summed E-state index contributed by atoms with van der Waals surface area (Å²) in [5, 5.41) is 9.50. The average molecular weight is 257 g/mol. The van der Waals surface area contributed by atoms with E-state index in [1.54, 1.807) is 24.5 Å². The van der Waals surface area contributed by atoms with Crippen LogP contribution in [0.5, 0.6) is 5.75 Å². The number of esters is 1. The van der Waals surface area contributed by atoms with Gasteiger partial charge >= 0.3 is 5.97 Å². The smallest absolute Gasteiger partial charge is 0.342 e. The molecule has 4 heteroatoms. The SMILES string of the molecule is CC(C)(O)C(=O)Oc1ccc(-c2ccncc2)cc1. The van der Waals surface area contributed by atoms with Crippen LogP contribution in [0.15, 0.2) is 48.8 Å². The third kappa shape index (κ3) is 3.39. The number of carbonyl (C=O) groups excluding carboxylic acids is 1. The highest BCUT2D eigenvalue weighted by molar-refractivity contribution is 5.80. The molecule has 0 amide bonds. The number of nitrogens with zero attached hydrogens (tertiary/aromatic N) is 1. The van der Waals surface area contributed by atoms with Crippen LogP contribution in [0.4, 0.5) is 0 Å². The molecule has 1 aromatic carbocycles. The van der Waals surface area contributed by atoms with Crippen molar-refractivity contribution in [2.45, 2.75) is 19.4 Å². The first-order valence-corrected chi connectivity index (χ1v) is 5.92. The first-order chi connectivity index (χ1) is 8.97. The molecule has 19 heavy (non-hydrogen) atoms. The van der Waals surface area contributed by atoms with Crippen molar-refractivity contribution in [2.75, 3.05) is 0 Å². The zero-order valence-corrected chi connectivity index (χ0v) is 10.8. The molecule has 0 aliphatic rings. The normalized spacial score (nSPS) is 11.1. The summed E-state index contributed by atoms with van der Waals surface area (Å²) in [4.78, 5) is 15.5. The van der Waals surface area contributed by atoms with Gasteiger partial charge in [-0.25, -0.2) is 4.79 Å². The summed E-state index contributed by atoms with van der Waals surface area (Å²) in [7, 11) is 0. The summed E-state index contributed by atoms with van der Waals surface area (Å²) in [6.45, 7) is 2.78. The Bertz CT molecular complexity index is 556. The van der Waals surface area contributed by atoms with Gasteiger partial charge in [-0.15, -0.1) is 0 Å². The Morgan fingerprint density at radius 2 is 1.58 bits per heavy atom. The minimum atomic E-state index is -1.50. The molecule has 0 atom stereocenters. The van der Waals surface area contributed by atoms with Crippen molar-refractivity contribution in [2.24, 2.45) is 0 Å². The summed E-state index contributed by atoms with van der Waals surface area (Å²) < 4.78 is 5.07. The standard InChI is InChI=1S/C15H15NO3/c1-15(2,18)14(17)19-13-5-3-11(4-6-13)12-7-9-16-10-8-12/h3-10,18H,1-2H3. The van der Waals surface area contributed by atoms with Crippen LogP contribution in [0, 0.1) is 0 Å². The first-order valence-electron chi connectivity index (χ1n) is 5.92. The van der Waals surface area contributed by atoms with Crippen molar-refractivity contribution in [1.82, 2.24) is 4.98 Å². The predicted octanol–water partition coefficient (Wildman–Crippen LogP) is 2.42. The molecule has 0 unspecified atom stereocenters. The van der Waals surface area contributed by atoms with E-state index in [1.807, 2.05) is 24.3 Å². The van der Waals surface area contributed by atoms with Gasteiger partial charge in [-0.3, -0.25) is 4.98 Å². The molecule has 1 heterocycles. The lowest BCUT2D eigenvalue weighted by atomic mass is 10.1. The molecule has 0 bridgehead atoms. The number of ether oxygens (including phenoxy) is 1. The van der Waals surface area contributed by atoms with Crippen LogP contribution in [0.1, 0.15) is 13.8 Å². The lowest BCUT2D eigenvalue weighted by molar-refractivity contribution is -0.151. The Labute approximate surface area is 111 Å². The van der Waals surface area contributed by atoms with Crippen LogP contribution >= 0.6 is 0 Å². The molecule has 2 rings (SSSR count). The van der Waals surface area contributed by atoms with E-state index in [0.717, 1.165) is 11.1 Å². The van der Waals surface area contributed by atoms with Crippen LogP contribution in [0.3, 0.4) is 0 Å². The van der Waals surface area contributed by atoms with Gasteiger partial charge in [0.2, 0.25) is 0 Å². The molecule has 1 aromatic heterocycles. The largest absolute Gasteiger partial charge is 0.424 e. The van der Waals surface area contributed by atoms with Gasteiger partial charge in [-0.1, -0.05) is 12.1 Å². The van der Waals surface area contributed by atoms with E-state index in [2.05, 4.69) is 4.98 Å². The van der Waals surface area contributed by atoms with Crippen molar-refractivity contribution in [3.63, 3.8) is 0 Å². The van der Waals surface area contributed by atoms with Crippen LogP contribution in [-0.2, 0) is 4.79 Å². The Morgan fingerprint density at radius 1 is 1.05 bits per heavy atom. The van der Waals surface area contributed by atoms with Crippen molar-refractivity contribution in [3.8, 4) is 16.9 Å². The molecule has 0 aliphatic heterocycles. The predicted molar refractivity (Wildman–Crippen MR) is 71.6 cm³/mol. The Hall–Kier alpha value is -2.20. The molecular formula is C15H15NO3. The van der Waals surface area contributed by atoms with Gasteiger partial charge in [0.25, 0.3) is 0 Å². The van der Waals surface area contributed by atoms with Gasteiger partial charge in [0.15, 0.2) is 5.60 Å². The second kappa shape index (κ2) is 5.20. The number of hydrogen-bond acceptors (Lipinski definition) is 4. The molecule has 2 aromatic rings. The van der Waals surface area contributed by atoms with Gasteiger partial charge in [-0.2, -0.15) is 0 Å². The fraction of sp³-hybridized carbons (Fsp3) is 0.200. The number of rotatable bonds is 3. The third-order valence-corrected chi connectivity index (χ3v) is 2.58. The maximum Gasteiger partial charge on any atom is 0.342 e. The fourth-order valence-corrected chi connectivity index (χ4v) is 1.49. The molecule has 1 N–H and O–H groups in total. The highest BCUT2D eigenvalue weighted by atomic mass is 16.6. The maximum absolute atomic E-state index is 11.5. The molecule has 0 saturated carbocycles. The fourth-order valence-electron chi connectivity index (χ4n) is 1.49. The van der Waals surface area contributed by atoms with E-state index < -0.39 is 11.6 Å². The molecular weight excluding hydrogens is 242 g/mol. The number of hydrogen-bond donors (Lipinski definition) is 1. The third-order valence-electron chi connectivity index (χ3n) is 2.58. The molecule has 0 aliphatic carbocycles. The second-order valence-electron chi connectivity index (χ2n) is 4.71. The van der Waals surface area contributed by atoms with Crippen molar-refractivity contribution in [3.05, 3.63) is 48.8 Å². The minimum Gasteiger partial charge on any atom is -0.424 e. The van der Waals surface area contributed by atoms with E-state index in [0.29, 0.717) is 5.75 Å². The molecule has 0 radical (unpaired) electrons. The van der Waals surface area contributed by atoms with E-state index in [-0.39, 0.29) is 0 Å². The summed E-state index contributed by atoms with van der Waals surface area (Å²) in [5.74, 6) is -0.269. The highest BCUT2D eigenvalue weighted by Crippen LogP contribution is 2.22. The minimum absolute atomic E-state index is 0.407. The second-order valence-corrected chi connectivity index (χ2v) is 4.71. The van der Waals surface area contributed by atoms with Crippen molar-refractivity contribution >= 4 is 5.97 Å². The van der Waals surface area contributed by atoms with Gasteiger partial charge < -0.3 is 9.84 Å². The quantitative estimate of drug-likeness (QED) is 0.677. The number of aromatic nitrogens is 1. The topological polar surface area (TPSA) is 59.4 Å². The number of carbonyl (C=O) groups is 1. The number of benzene rings is 1.